The Labute approximate surface area is 216 Å². The Morgan fingerprint density at radius 3 is 2.75 bits per heavy atom. The number of ether oxygens (including phenoxy) is 1. The van der Waals surface area contributed by atoms with E-state index in [-0.39, 0.29) is 54.0 Å². The van der Waals surface area contributed by atoms with Crippen LogP contribution in [0.4, 0.5) is 20.2 Å². The van der Waals surface area contributed by atoms with Gasteiger partial charge in [-0.3, -0.25) is 19.7 Å². The number of alkyl halides is 2. The van der Waals surface area contributed by atoms with E-state index in [2.05, 4.69) is 26.6 Å². The van der Waals surface area contributed by atoms with Crippen molar-refractivity contribution >= 4 is 39.1 Å². The number of halogens is 3. The zero-order valence-electron chi connectivity index (χ0n) is 20.0. The van der Waals surface area contributed by atoms with Crippen molar-refractivity contribution in [2.45, 2.75) is 44.3 Å². The smallest absolute Gasteiger partial charge is 0.294 e. The van der Waals surface area contributed by atoms with E-state index in [0.717, 1.165) is 0 Å². The molecule has 3 atom stereocenters. The van der Waals surface area contributed by atoms with E-state index in [1.165, 1.54) is 6.07 Å². The SMILES string of the molecule is C[C@@H]1CN(C(=O)c2cc(Br)cc([N+](=O)[O-])c2N[C@@H]2CCCN(C(=O)C3CNCC(F)(F)C3)C2)CCO1. The van der Waals surface area contributed by atoms with Gasteiger partial charge < -0.3 is 25.2 Å². The van der Waals surface area contributed by atoms with Gasteiger partial charge >= 0.3 is 0 Å². The molecular formula is C23H30BrF2N5O5. The fourth-order valence-corrected chi connectivity index (χ4v) is 5.54. The minimum atomic E-state index is -2.93. The Bertz CT molecular complexity index is 1030. The number of anilines is 1. The van der Waals surface area contributed by atoms with Crippen molar-refractivity contribution in [1.82, 2.24) is 15.1 Å². The van der Waals surface area contributed by atoms with Crippen molar-refractivity contribution in [2.24, 2.45) is 5.92 Å². The zero-order chi connectivity index (χ0) is 26.0. The van der Waals surface area contributed by atoms with Gasteiger partial charge in [-0.2, -0.15) is 0 Å². The highest BCUT2D eigenvalue weighted by Crippen LogP contribution is 2.35. The summed E-state index contributed by atoms with van der Waals surface area (Å²) in [7, 11) is 0. The maximum absolute atomic E-state index is 13.8. The van der Waals surface area contributed by atoms with Crippen LogP contribution in [0.25, 0.3) is 0 Å². The van der Waals surface area contributed by atoms with Gasteiger partial charge in [0.1, 0.15) is 5.69 Å². The third kappa shape index (κ3) is 6.12. The van der Waals surface area contributed by atoms with E-state index >= 15 is 0 Å². The average Bonchev–Trinajstić information content (AvgIpc) is 2.83. The van der Waals surface area contributed by atoms with Crippen LogP contribution in [-0.4, -0.2) is 90.5 Å². The second kappa shape index (κ2) is 10.9. The van der Waals surface area contributed by atoms with Gasteiger partial charge in [0.2, 0.25) is 5.91 Å². The topological polar surface area (TPSA) is 117 Å². The van der Waals surface area contributed by atoms with E-state index in [1.54, 1.807) is 15.9 Å². The molecule has 0 aliphatic carbocycles. The van der Waals surface area contributed by atoms with Crippen LogP contribution in [-0.2, 0) is 9.53 Å². The van der Waals surface area contributed by atoms with Crippen LogP contribution in [0.3, 0.4) is 0 Å². The van der Waals surface area contributed by atoms with Gasteiger partial charge in [-0.05, 0) is 25.8 Å². The van der Waals surface area contributed by atoms with E-state index in [4.69, 9.17) is 4.74 Å². The van der Waals surface area contributed by atoms with Crippen LogP contribution in [0.2, 0.25) is 0 Å². The highest BCUT2D eigenvalue weighted by atomic mass is 79.9. The van der Waals surface area contributed by atoms with Gasteiger partial charge in [0.15, 0.2) is 0 Å². The summed E-state index contributed by atoms with van der Waals surface area (Å²) in [4.78, 5) is 41.0. The van der Waals surface area contributed by atoms with Crippen molar-refractivity contribution < 1.29 is 28.0 Å². The lowest BCUT2D eigenvalue weighted by Gasteiger charge is -2.38. The fourth-order valence-electron chi connectivity index (χ4n) is 5.10. The van der Waals surface area contributed by atoms with Gasteiger partial charge in [-0.1, -0.05) is 15.9 Å². The number of benzene rings is 1. The number of carbonyl (C=O) groups excluding carboxylic acids is 2. The summed E-state index contributed by atoms with van der Waals surface area (Å²) in [5.41, 5.74) is -0.00383. The lowest BCUT2D eigenvalue weighted by molar-refractivity contribution is -0.384. The predicted octanol–water partition coefficient (Wildman–Crippen LogP) is 2.87. The van der Waals surface area contributed by atoms with E-state index < -0.39 is 29.7 Å². The second-order valence-corrected chi connectivity index (χ2v) is 10.6. The number of nitrogens with zero attached hydrogens (tertiary/aromatic N) is 3. The van der Waals surface area contributed by atoms with Crippen molar-refractivity contribution in [1.29, 1.82) is 0 Å². The average molecular weight is 574 g/mol. The number of amides is 2. The van der Waals surface area contributed by atoms with Crippen molar-refractivity contribution in [2.75, 3.05) is 51.2 Å². The zero-order valence-corrected chi connectivity index (χ0v) is 21.6. The number of likely N-dealkylation sites (tertiary alicyclic amines) is 1. The summed E-state index contributed by atoms with van der Waals surface area (Å²) in [6.07, 6.45) is 0.565. The molecule has 0 saturated carbocycles. The van der Waals surface area contributed by atoms with Gasteiger partial charge in [0.25, 0.3) is 17.5 Å². The number of hydrogen-bond donors (Lipinski definition) is 2. The quantitative estimate of drug-likeness (QED) is 0.411. The minimum absolute atomic E-state index is 0.0949. The number of nitro benzene ring substituents is 1. The molecule has 1 unspecified atom stereocenters. The molecule has 2 amide bonds. The molecule has 0 spiro atoms. The van der Waals surface area contributed by atoms with E-state index in [0.29, 0.717) is 43.6 Å². The minimum Gasteiger partial charge on any atom is -0.375 e. The number of carbonyl (C=O) groups is 2. The first-order valence-electron chi connectivity index (χ1n) is 12.1. The molecule has 3 fully saturated rings. The first-order chi connectivity index (χ1) is 17.0. The summed E-state index contributed by atoms with van der Waals surface area (Å²) >= 11 is 3.28. The summed E-state index contributed by atoms with van der Waals surface area (Å²) in [6, 6.07) is 2.51. The van der Waals surface area contributed by atoms with Crippen molar-refractivity contribution in [3.05, 3.63) is 32.3 Å². The lowest BCUT2D eigenvalue weighted by atomic mass is 9.94. The molecule has 4 rings (SSSR count). The number of piperidine rings is 2. The molecule has 0 aromatic heterocycles. The Balaban J connectivity index is 1.55. The van der Waals surface area contributed by atoms with Gasteiger partial charge in [0.05, 0.1) is 35.7 Å². The Hall–Kier alpha value is -2.38. The molecule has 1 aromatic carbocycles. The first kappa shape index (κ1) is 26.7. The normalized spacial score (nSPS) is 26.4. The second-order valence-electron chi connectivity index (χ2n) is 9.69. The third-order valence-corrected chi connectivity index (χ3v) is 7.25. The van der Waals surface area contributed by atoms with Gasteiger partial charge in [-0.15, -0.1) is 0 Å². The third-order valence-electron chi connectivity index (χ3n) is 6.79. The van der Waals surface area contributed by atoms with Crippen LogP contribution >= 0.6 is 15.9 Å². The number of nitro groups is 1. The fraction of sp³-hybridized carbons (Fsp3) is 0.652. The molecular weight excluding hydrogens is 544 g/mol. The molecule has 1 aromatic rings. The maximum atomic E-state index is 13.8. The van der Waals surface area contributed by atoms with Crippen LogP contribution < -0.4 is 10.6 Å². The molecule has 13 heteroatoms. The highest BCUT2D eigenvalue weighted by Gasteiger charge is 2.41. The molecule has 0 bridgehead atoms. The molecule has 3 saturated heterocycles. The van der Waals surface area contributed by atoms with Crippen molar-refractivity contribution in [3.8, 4) is 0 Å². The Kier molecular flexibility index (Phi) is 8.10. The summed E-state index contributed by atoms with van der Waals surface area (Å²) in [5.74, 6) is -4.46. The number of nitrogens with one attached hydrogen (secondary N) is 2. The largest absolute Gasteiger partial charge is 0.375 e. The summed E-state index contributed by atoms with van der Waals surface area (Å²) in [6.45, 7) is 3.35. The monoisotopic (exact) mass is 573 g/mol. The molecule has 2 N–H and O–H groups in total. The molecule has 3 heterocycles. The van der Waals surface area contributed by atoms with Crippen molar-refractivity contribution in [3.63, 3.8) is 0 Å². The molecule has 3 aliphatic heterocycles. The predicted molar refractivity (Wildman–Crippen MR) is 131 cm³/mol. The van der Waals surface area contributed by atoms with Gasteiger partial charge in [0, 0.05) is 55.7 Å². The maximum Gasteiger partial charge on any atom is 0.294 e. The molecule has 36 heavy (non-hydrogen) atoms. The molecule has 0 radical (unpaired) electrons. The van der Waals surface area contributed by atoms with E-state index in [9.17, 15) is 28.5 Å². The Morgan fingerprint density at radius 2 is 2.06 bits per heavy atom. The molecule has 3 aliphatic rings. The van der Waals surface area contributed by atoms with Gasteiger partial charge in [-0.25, -0.2) is 8.78 Å². The van der Waals surface area contributed by atoms with E-state index in [1.807, 2.05) is 6.92 Å². The number of morpholine rings is 1. The highest BCUT2D eigenvalue weighted by molar-refractivity contribution is 9.10. The molecule has 198 valence electrons. The lowest BCUT2D eigenvalue weighted by Crippen LogP contribution is -2.53. The summed E-state index contributed by atoms with van der Waals surface area (Å²) < 4.78 is 33.6. The molecule has 10 nitrogen and oxygen atoms in total. The van der Waals surface area contributed by atoms with Crippen LogP contribution in [0.15, 0.2) is 16.6 Å². The van der Waals surface area contributed by atoms with Crippen LogP contribution in [0, 0.1) is 16.0 Å². The number of hydrogen-bond acceptors (Lipinski definition) is 7. The Morgan fingerprint density at radius 1 is 1.28 bits per heavy atom. The van der Waals surface area contributed by atoms with Crippen LogP contribution in [0.5, 0.6) is 0 Å². The number of rotatable bonds is 5. The first-order valence-corrected chi connectivity index (χ1v) is 12.9. The van der Waals surface area contributed by atoms with Crippen LogP contribution in [0.1, 0.15) is 36.5 Å². The summed E-state index contributed by atoms with van der Waals surface area (Å²) in [5, 5.41) is 17.7. The standard InChI is InChI=1S/C23H30BrF2N5O5/c1-14-11-30(5-6-36-14)22(33)18-7-16(24)8-19(31(34)35)20(18)28-17-3-2-4-29(12-17)21(32)15-9-23(25,26)13-27-10-15/h7-8,14-15,17,27-28H,2-6,9-13H2,1H3/t14-,15?,17-/m1/s1.